The Bertz CT molecular complexity index is 1240. The van der Waals surface area contributed by atoms with Gasteiger partial charge in [0.2, 0.25) is 0 Å². The van der Waals surface area contributed by atoms with Gasteiger partial charge < -0.3 is 14.7 Å². The molecule has 2 saturated heterocycles. The lowest BCUT2D eigenvalue weighted by Gasteiger charge is -2.36. The number of likely N-dealkylation sites (tertiary alicyclic amines) is 1. The minimum Gasteiger partial charge on any atom is -0.368 e. The number of nitro groups is 1. The van der Waals surface area contributed by atoms with Gasteiger partial charge in [0, 0.05) is 51.0 Å². The maximum atomic E-state index is 13.1. The molecule has 0 bridgehead atoms. The zero-order chi connectivity index (χ0) is 23.7. The molecule has 2 amide bonds. The molecule has 2 aromatic carbocycles. The number of piperazine rings is 1. The number of carbonyl (C=O) groups excluding carboxylic acids is 2. The molecule has 0 N–H and O–H groups in total. The van der Waals surface area contributed by atoms with Crippen LogP contribution < -0.4 is 4.90 Å². The minimum atomic E-state index is -0.500. The number of rotatable bonds is 3. The van der Waals surface area contributed by atoms with E-state index in [1.807, 2.05) is 17.0 Å². The largest absolute Gasteiger partial charge is 0.368 e. The van der Waals surface area contributed by atoms with Crippen molar-refractivity contribution in [3.63, 3.8) is 0 Å². The summed E-state index contributed by atoms with van der Waals surface area (Å²) in [5.41, 5.74) is 2.00. The molecule has 11 heteroatoms. The van der Waals surface area contributed by atoms with Crippen molar-refractivity contribution in [2.24, 2.45) is 0 Å². The smallest absolute Gasteiger partial charge is 0.346 e. The molecule has 0 saturated carbocycles. The number of nitro benzene ring substituents is 1. The van der Waals surface area contributed by atoms with Crippen LogP contribution in [-0.2, 0) is 0 Å². The summed E-state index contributed by atoms with van der Waals surface area (Å²) in [7, 11) is 0. The van der Waals surface area contributed by atoms with Crippen molar-refractivity contribution < 1.29 is 14.5 Å². The Kier molecular flexibility index (Phi) is 5.83. The Hall–Kier alpha value is -4.02. The number of fused-ring (bicyclic) bond motifs is 1. The molecular weight excluding hydrogens is 438 g/mol. The molecule has 1 aromatic heterocycles. The summed E-state index contributed by atoms with van der Waals surface area (Å²) in [5, 5.41) is 19.6. The monoisotopic (exact) mass is 463 g/mol. The molecule has 176 valence electrons. The first-order chi connectivity index (χ1) is 16.5. The second-order valence-corrected chi connectivity index (χ2v) is 8.56. The van der Waals surface area contributed by atoms with E-state index >= 15 is 0 Å². The molecule has 2 aliphatic rings. The standard InChI is InChI=1S/C23H25N7O4/c31-22(27-10-4-1-5-11-27)18-16-17(8-9-20(18)30(33)34)26-12-14-28(15-13-26)23(32)29-21-7-3-2-6-19(21)24-25-29/h2-3,6-9,16H,1,4-5,10-15H2. The highest BCUT2D eigenvalue weighted by Gasteiger charge is 2.29. The van der Waals surface area contributed by atoms with Crippen LogP contribution >= 0.6 is 0 Å². The predicted molar refractivity (Wildman–Crippen MR) is 125 cm³/mol. The van der Waals surface area contributed by atoms with Crippen molar-refractivity contribution >= 4 is 34.3 Å². The Morgan fingerprint density at radius 2 is 1.62 bits per heavy atom. The van der Waals surface area contributed by atoms with Crippen molar-refractivity contribution in [2.75, 3.05) is 44.2 Å². The number of piperidine rings is 1. The number of carbonyl (C=O) groups is 2. The first-order valence-electron chi connectivity index (χ1n) is 11.5. The van der Waals surface area contributed by atoms with Gasteiger partial charge in [-0.15, -0.1) is 5.10 Å². The van der Waals surface area contributed by atoms with Crippen LogP contribution in [0.15, 0.2) is 42.5 Å². The van der Waals surface area contributed by atoms with Crippen LogP contribution in [0.5, 0.6) is 0 Å². The number of para-hydroxylation sites is 1. The predicted octanol–water partition coefficient (Wildman–Crippen LogP) is 2.76. The number of amides is 2. The fraction of sp³-hybridized carbons (Fsp3) is 0.391. The lowest BCUT2D eigenvalue weighted by Crippen LogP contribution is -2.50. The van der Waals surface area contributed by atoms with E-state index in [2.05, 4.69) is 10.3 Å². The van der Waals surface area contributed by atoms with Gasteiger partial charge in [0.05, 0.1) is 10.4 Å². The van der Waals surface area contributed by atoms with Gasteiger partial charge in [-0.3, -0.25) is 14.9 Å². The third kappa shape index (κ3) is 4.04. The van der Waals surface area contributed by atoms with Gasteiger partial charge in [-0.05, 0) is 43.5 Å². The molecular formula is C23H25N7O4. The fourth-order valence-electron chi connectivity index (χ4n) is 4.62. The van der Waals surface area contributed by atoms with Gasteiger partial charge in [0.25, 0.3) is 11.6 Å². The zero-order valence-electron chi connectivity index (χ0n) is 18.7. The molecule has 0 unspecified atom stereocenters. The highest BCUT2D eigenvalue weighted by molar-refractivity contribution is 5.99. The third-order valence-corrected chi connectivity index (χ3v) is 6.50. The molecule has 11 nitrogen and oxygen atoms in total. The maximum absolute atomic E-state index is 13.1. The van der Waals surface area contributed by atoms with Crippen LogP contribution in [0.1, 0.15) is 29.6 Å². The second-order valence-electron chi connectivity index (χ2n) is 8.56. The summed E-state index contributed by atoms with van der Waals surface area (Å²) in [6.45, 7) is 3.23. The Morgan fingerprint density at radius 1 is 0.882 bits per heavy atom. The average molecular weight is 463 g/mol. The van der Waals surface area contributed by atoms with E-state index in [-0.39, 0.29) is 23.2 Å². The molecule has 2 aliphatic heterocycles. The van der Waals surface area contributed by atoms with Gasteiger partial charge in [0.1, 0.15) is 11.1 Å². The number of hydrogen-bond acceptors (Lipinski definition) is 7. The van der Waals surface area contributed by atoms with Crippen molar-refractivity contribution in [3.05, 3.63) is 58.1 Å². The highest BCUT2D eigenvalue weighted by Crippen LogP contribution is 2.28. The summed E-state index contributed by atoms with van der Waals surface area (Å²) in [6.07, 6.45) is 2.89. The molecule has 0 atom stereocenters. The molecule has 0 aliphatic carbocycles. The second kappa shape index (κ2) is 9.08. The minimum absolute atomic E-state index is 0.122. The van der Waals surface area contributed by atoms with Crippen LogP contribution in [0.25, 0.3) is 11.0 Å². The Balaban J connectivity index is 1.32. The quantitative estimate of drug-likeness (QED) is 0.433. The molecule has 0 radical (unpaired) electrons. The SMILES string of the molecule is O=C(c1cc(N2CCN(C(=O)n3nnc4ccccc43)CC2)ccc1[N+](=O)[O-])N1CCCCC1. The van der Waals surface area contributed by atoms with E-state index < -0.39 is 4.92 Å². The Labute approximate surface area is 195 Å². The molecule has 2 fully saturated rings. The van der Waals surface area contributed by atoms with E-state index in [0.717, 1.165) is 24.9 Å². The van der Waals surface area contributed by atoms with Crippen molar-refractivity contribution in [1.29, 1.82) is 0 Å². The molecule has 5 rings (SSSR count). The van der Waals surface area contributed by atoms with E-state index in [0.29, 0.717) is 50.3 Å². The topological polar surface area (TPSA) is 118 Å². The number of aromatic nitrogens is 3. The maximum Gasteiger partial charge on any atom is 0.346 e. The van der Waals surface area contributed by atoms with E-state index in [1.165, 1.54) is 10.7 Å². The molecule has 0 spiro atoms. The summed E-state index contributed by atoms with van der Waals surface area (Å²) in [5.74, 6) is -0.292. The van der Waals surface area contributed by atoms with Crippen molar-refractivity contribution in [3.8, 4) is 0 Å². The van der Waals surface area contributed by atoms with Gasteiger partial charge in [-0.25, -0.2) is 4.79 Å². The van der Waals surface area contributed by atoms with Crippen LogP contribution in [0.4, 0.5) is 16.2 Å². The number of nitrogens with zero attached hydrogens (tertiary/aromatic N) is 7. The molecule has 3 heterocycles. The van der Waals surface area contributed by atoms with Gasteiger partial charge in [-0.1, -0.05) is 17.3 Å². The Morgan fingerprint density at radius 3 is 2.35 bits per heavy atom. The van der Waals surface area contributed by atoms with E-state index in [4.69, 9.17) is 0 Å². The lowest BCUT2D eigenvalue weighted by atomic mass is 10.1. The van der Waals surface area contributed by atoms with Gasteiger partial charge in [0.15, 0.2) is 0 Å². The van der Waals surface area contributed by atoms with Crippen LogP contribution in [0.2, 0.25) is 0 Å². The highest BCUT2D eigenvalue weighted by atomic mass is 16.6. The van der Waals surface area contributed by atoms with E-state index in [9.17, 15) is 19.7 Å². The summed E-state index contributed by atoms with van der Waals surface area (Å²) < 4.78 is 1.31. The fourth-order valence-corrected chi connectivity index (χ4v) is 4.62. The summed E-state index contributed by atoms with van der Waals surface area (Å²) >= 11 is 0. The average Bonchev–Trinajstić information content (AvgIpc) is 3.32. The van der Waals surface area contributed by atoms with Crippen molar-refractivity contribution in [2.45, 2.75) is 19.3 Å². The van der Waals surface area contributed by atoms with E-state index in [1.54, 1.807) is 34.1 Å². The first kappa shape index (κ1) is 21.8. The zero-order valence-corrected chi connectivity index (χ0v) is 18.7. The molecule has 34 heavy (non-hydrogen) atoms. The summed E-state index contributed by atoms with van der Waals surface area (Å²) in [4.78, 5) is 42.6. The van der Waals surface area contributed by atoms with Crippen LogP contribution in [0, 0.1) is 10.1 Å². The van der Waals surface area contributed by atoms with Crippen LogP contribution in [0.3, 0.4) is 0 Å². The number of hydrogen-bond donors (Lipinski definition) is 0. The van der Waals surface area contributed by atoms with Crippen molar-refractivity contribution in [1.82, 2.24) is 24.8 Å². The third-order valence-electron chi connectivity index (χ3n) is 6.50. The molecule has 3 aromatic rings. The summed E-state index contributed by atoms with van der Waals surface area (Å²) in [6, 6.07) is 11.8. The lowest BCUT2D eigenvalue weighted by molar-refractivity contribution is -0.385. The number of anilines is 1. The van der Waals surface area contributed by atoms with Crippen LogP contribution in [-0.4, -0.2) is 80.9 Å². The van der Waals surface area contributed by atoms with Gasteiger partial charge >= 0.3 is 6.03 Å². The first-order valence-corrected chi connectivity index (χ1v) is 11.5. The normalized spacial score (nSPS) is 16.6. The number of benzene rings is 2. The van der Waals surface area contributed by atoms with Gasteiger partial charge in [-0.2, -0.15) is 4.68 Å².